The maximum absolute atomic E-state index is 13.3. The Morgan fingerprint density at radius 3 is 2.58 bits per heavy atom. The Morgan fingerprint density at radius 1 is 1.11 bits per heavy atom. The van der Waals surface area contributed by atoms with Crippen LogP contribution in [0.25, 0.3) is 16.9 Å². The van der Waals surface area contributed by atoms with E-state index in [0.29, 0.717) is 24.3 Å². The number of halogens is 3. The number of carbonyl (C=O) groups is 1. The Labute approximate surface area is 217 Å². The summed E-state index contributed by atoms with van der Waals surface area (Å²) in [6.45, 7) is 1.81. The van der Waals surface area contributed by atoms with Gasteiger partial charge in [-0.1, -0.05) is 41.6 Å². The first-order chi connectivity index (χ1) is 18.2. The standard InChI is InChI=1S/C27H27F3N6O2/c1-18-14-35(17-31-18)24-9-8-21(13-25(24)38-2)23-16-36(33-32-23)22-12-20(19-6-4-3-5-7-19)10-11-34(15-22)26(37)27(28,29)30/h3-9,13-14,16-17,20,22H,10-12,15H2,1-2H3. The average Bonchev–Trinajstić information content (AvgIpc) is 3.52. The van der Waals surface area contributed by atoms with E-state index in [2.05, 4.69) is 15.3 Å². The molecule has 1 aliphatic heterocycles. The number of hydrogen-bond donors (Lipinski definition) is 0. The zero-order chi connectivity index (χ0) is 26.9. The summed E-state index contributed by atoms with van der Waals surface area (Å²) in [5, 5.41) is 8.58. The van der Waals surface area contributed by atoms with Crippen molar-refractivity contribution in [2.75, 3.05) is 20.2 Å². The van der Waals surface area contributed by atoms with Gasteiger partial charge in [0.1, 0.15) is 11.4 Å². The molecule has 11 heteroatoms. The van der Waals surface area contributed by atoms with Gasteiger partial charge in [0.15, 0.2) is 0 Å². The number of amides is 1. The van der Waals surface area contributed by atoms with Gasteiger partial charge in [-0.15, -0.1) is 5.10 Å². The molecule has 1 aliphatic rings. The molecule has 0 N–H and O–H groups in total. The van der Waals surface area contributed by atoms with E-state index in [0.717, 1.165) is 27.4 Å². The Bertz CT molecular complexity index is 1420. The first kappa shape index (κ1) is 25.5. The summed E-state index contributed by atoms with van der Waals surface area (Å²) in [5.74, 6) is -1.25. The summed E-state index contributed by atoms with van der Waals surface area (Å²) in [4.78, 5) is 17.3. The number of likely N-dealkylation sites (tertiary alicyclic amines) is 1. The molecule has 1 saturated heterocycles. The number of alkyl halides is 3. The third kappa shape index (κ3) is 5.27. The van der Waals surface area contributed by atoms with Crippen LogP contribution in [0.3, 0.4) is 0 Å². The van der Waals surface area contributed by atoms with Gasteiger partial charge in [0.2, 0.25) is 0 Å². The largest absolute Gasteiger partial charge is 0.495 e. The second-order valence-electron chi connectivity index (χ2n) is 9.43. The van der Waals surface area contributed by atoms with Crippen LogP contribution in [-0.4, -0.2) is 61.7 Å². The summed E-state index contributed by atoms with van der Waals surface area (Å²) in [6.07, 6.45) is 1.32. The first-order valence-corrected chi connectivity index (χ1v) is 12.2. The number of aromatic nitrogens is 5. The fraction of sp³-hybridized carbons (Fsp3) is 0.333. The number of aryl methyl sites for hydroxylation is 1. The van der Waals surface area contributed by atoms with Crippen molar-refractivity contribution in [3.05, 3.63) is 78.5 Å². The highest BCUT2D eigenvalue weighted by atomic mass is 19.4. The zero-order valence-corrected chi connectivity index (χ0v) is 21.0. The fourth-order valence-corrected chi connectivity index (χ4v) is 4.95. The third-order valence-electron chi connectivity index (χ3n) is 6.89. The molecule has 0 spiro atoms. The van der Waals surface area contributed by atoms with Gasteiger partial charge in [0.25, 0.3) is 0 Å². The molecule has 0 bridgehead atoms. The van der Waals surface area contributed by atoms with Crippen LogP contribution in [0.4, 0.5) is 13.2 Å². The molecule has 2 aromatic carbocycles. The van der Waals surface area contributed by atoms with Gasteiger partial charge in [-0.3, -0.25) is 4.79 Å². The number of nitrogens with zero attached hydrogens (tertiary/aromatic N) is 6. The summed E-state index contributed by atoms with van der Waals surface area (Å²) >= 11 is 0. The molecule has 38 heavy (non-hydrogen) atoms. The number of benzene rings is 2. The first-order valence-electron chi connectivity index (χ1n) is 12.2. The van der Waals surface area contributed by atoms with Crippen LogP contribution in [0.15, 0.2) is 67.3 Å². The van der Waals surface area contributed by atoms with Crippen LogP contribution in [-0.2, 0) is 4.79 Å². The van der Waals surface area contributed by atoms with Crippen molar-refractivity contribution in [1.82, 2.24) is 29.4 Å². The topological polar surface area (TPSA) is 78.1 Å². The SMILES string of the molecule is COc1cc(-c2cn(C3CC(c4ccccc4)CCN(C(=O)C(F)(F)F)C3)nn2)ccc1-n1cnc(C)c1. The molecule has 8 nitrogen and oxygen atoms in total. The average molecular weight is 525 g/mol. The van der Waals surface area contributed by atoms with Gasteiger partial charge in [-0.25, -0.2) is 9.67 Å². The van der Waals surface area contributed by atoms with E-state index in [4.69, 9.17) is 4.74 Å². The molecule has 0 saturated carbocycles. The molecule has 2 unspecified atom stereocenters. The Kier molecular flexibility index (Phi) is 6.92. The minimum absolute atomic E-state index is 0.0162. The van der Waals surface area contributed by atoms with Crippen molar-refractivity contribution in [2.24, 2.45) is 0 Å². The highest BCUT2D eigenvalue weighted by Gasteiger charge is 2.44. The molecule has 0 aliphatic carbocycles. The second kappa shape index (κ2) is 10.3. The lowest BCUT2D eigenvalue weighted by molar-refractivity contribution is -0.185. The van der Waals surface area contributed by atoms with Crippen molar-refractivity contribution in [1.29, 1.82) is 0 Å². The molecule has 5 rings (SSSR count). The summed E-state index contributed by atoms with van der Waals surface area (Å²) in [7, 11) is 1.57. The molecule has 4 aromatic rings. The summed E-state index contributed by atoms with van der Waals surface area (Å²) in [5.41, 5.74) is 3.99. The highest BCUT2D eigenvalue weighted by molar-refractivity contribution is 5.82. The van der Waals surface area contributed by atoms with Gasteiger partial charge in [0.05, 0.1) is 37.1 Å². The molecule has 1 fully saturated rings. The quantitative estimate of drug-likeness (QED) is 0.369. The number of methoxy groups -OCH3 is 1. The van der Waals surface area contributed by atoms with Crippen molar-refractivity contribution in [3.63, 3.8) is 0 Å². The number of imidazole rings is 1. The van der Waals surface area contributed by atoms with Crippen LogP contribution in [0.1, 0.15) is 36.1 Å². The summed E-state index contributed by atoms with van der Waals surface area (Å²) in [6, 6.07) is 14.7. The zero-order valence-electron chi connectivity index (χ0n) is 21.0. The number of carbonyl (C=O) groups excluding carboxylic acids is 1. The van der Waals surface area contributed by atoms with Crippen LogP contribution in [0, 0.1) is 6.92 Å². The molecular formula is C27H27F3N6O2. The van der Waals surface area contributed by atoms with Gasteiger partial charge in [-0.05, 0) is 43.4 Å². The minimum Gasteiger partial charge on any atom is -0.495 e. The molecule has 3 heterocycles. The molecule has 0 radical (unpaired) electrons. The van der Waals surface area contributed by atoms with E-state index < -0.39 is 18.1 Å². The van der Waals surface area contributed by atoms with Gasteiger partial charge in [-0.2, -0.15) is 13.2 Å². The normalized spacial score (nSPS) is 18.3. The van der Waals surface area contributed by atoms with Gasteiger partial charge in [0, 0.05) is 24.8 Å². The highest BCUT2D eigenvalue weighted by Crippen LogP contribution is 2.35. The van der Waals surface area contributed by atoms with Crippen LogP contribution in [0.2, 0.25) is 0 Å². The molecular weight excluding hydrogens is 497 g/mol. The minimum atomic E-state index is -4.93. The van der Waals surface area contributed by atoms with E-state index in [1.807, 2.05) is 66.2 Å². The molecule has 198 valence electrons. The van der Waals surface area contributed by atoms with E-state index in [1.165, 1.54) is 0 Å². The van der Waals surface area contributed by atoms with Crippen molar-refractivity contribution >= 4 is 5.91 Å². The van der Waals surface area contributed by atoms with Gasteiger partial charge >= 0.3 is 12.1 Å². The van der Waals surface area contributed by atoms with E-state index in [-0.39, 0.29) is 19.0 Å². The Hall–Kier alpha value is -4.15. The molecule has 2 aromatic heterocycles. The lowest BCUT2D eigenvalue weighted by Crippen LogP contribution is -2.43. The Balaban J connectivity index is 1.45. The predicted molar refractivity (Wildman–Crippen MR) is 134 cm³/mol. The van der Waals surface area contributed by atoms with Crippen molar-refractivity contribution < 1.29 is 22.7 Å². The third-order valence-corrected chi connectivity index (χ3v) is 6.89. The van der Waals surface area contributed by atoms with E-state index in [9.17, 15) is 18.0 Å². The van der Waals surface area contributed by atoms with Gasteiger partial charge < -0.3 is 14.2 Å². The predicted octanol–water partition coefficient (Wildman–Crippen LogP) is 4.96. The lowest BCUT2D eigenvalue weighted by atomic mass is 9.90. The Morgan fingerprint density at radius 2 is 1.89 bits per heavy atom. The fourth-order valence-electron chi connectivity index (χ4n) is 4.95. The number of rotatable bonds is 5. The lowest BCUT2D eigenvalue weighted by Gasteiger charge is -2.25. The van der Waals surface area contributed by atoms with Crippen LogP contribution < -0.4 is 4.74 Å². The molecule has 2 atom stereocenters. The van der Waals surface area contributed by atoms with E-state index in [1.54, 1.807) is 24.3 Å². The monoisotopic (exact) mass is 524 g/mol. The maximum Gasteiger partial charge on any atom is 0.471 e. The number of hydrogen-bond acceptors (Lipinski definition) is 5. The van der Waals surface area contributed by atoms with E-state index >= 15 is 0 Å². The second-order valence-corrected chi connectivity index (χ2v) is 9.43. The molecule has 1 amide bonds. The summed E-state index contributed by atoms with van der Waals surface area (Å²) < 4.78 is 49.0. The smallest absolute Gasteiger partial charge is 0.471 e. The number of ether oxygens (including phenoxy) is 1. The van der Waals surface area contributed by atoms with Crippen LogP contribution >= 0.6 is 0 Å². The maximum atomic E-state index is 13.3. The van der Waals surface area contributed by atoms with Crippen molar-refractivity contribution in [2.45, 2.75) is 37.9 Å². The van der Waals surface area contributed by atoms with Crippen molar-refractivity contribution in [3.8, 4) is 22.7 Å². The van der Waals surface area contributed by atoms with Crippen LogP contribution in [0.5, 0.6) is 5.75 Å².